The molecule has 0 bridgehead atoms. The molecule has 0 radical (unpaired) electrons. The smallest absolute Gasteiger partial charge is 0.228 e. The number of benzene rings is 2. The number of hydrogen-bond acceptors (Lipinski definition) is 3. The summed E-state index contributed by atoms with van der Waals surface area (Å²) in [4.78, 5) is 19.5. The van der Waals surface area contributed by atoms with Crippen LogP contribution < -0.4 is 0 Å². The molecule has 0 saturated heterocycles. The van der Waals surface area contributed by atoms with E-state index in [1.165, 1.54) is 12.1 Å². The minimum absolute atomic E-state index is 0.000410. The normalized spacial score (nSPS) is 11.3. The fraction of sp³-hybridized carbons (Fsp3) is 0.158. The molecule has 0 aliphatic carbocycles. The molecule has 2 aromatic carbocycles. The number of aromatic nitrogens is 2. The first-order valence-electron chi connectivity index (χ1n) is 7.89. The molecule has 0 atom stereocenters. The first kappa shape index (κ1) is 15.8. The van der Waals surface area contributed by atoms with Crippen LogP contribution in [0.4, 0.5) is 4.39 Å². The van der Waals surface area contributed by atoms with Gasteiger partial charge in [-0.25, -0.2) is 9.37 Å². The monoisotopic (exact) mass is 353 g/mol. The lowest BCUT2D eigenvalue weighted by molar-refractivity contribution is -0.128. The third-order valence-corrected chi connectivity index (χ3v) is 5.21. The lowest BCUT2D eigenvalue weighted by atomic mass is 10.1. The van der Waals surface area contributed by atoms with Crippen molar-refractivity contribution in [1.82, 2.24) is 14.3 Å². The Labute approximate surface area is 148 Å². The topological polar surface area (TPSA) is 37.6 Å². The second kappa shape index (κ2) is 5.97. The molecule has 1 amide bonds. The molecular weight excluding hydrogens is 337 g/mol. The number of hydrogen-bond donors (Lipinski definition) is 0. The summed E-state index contributed by atoms with van der Waals surface area (Å²) >= 11 is 1.58. The Morgan fingerprint density at radius 1 is 1.16 bits per heavy atom. The molecule has 0 aliphatic heterocycles. The molecule has 4 aromatic rings. The average molecular weight is 353 g/mol. The van der Waals surface area contributed by atoms with Crippen molar-refractivity contribution in [3.05, 3.63) is 60.0 Å². The Hall–Kier alpha value is -2.73. The molecule has 0 spiro atoms. The van der Waals surface area contributed by atoms with Crippen LogP contribution in [0.15, 0.2) is 48.5 Å². The van der Waals surface area contributed by atoms with Gasteiger partial charge >= 0.3 is 0 Å². The van der Waals surface area contributed by atoms with Gasteiger partial charge in [0.25, 0.3) is 0 Å². The van der Waals surface area contributed by atoms with Crippen LogP contribution >= 0.6 is 11.3 Å². The van der Waals surface area contributed by atoms with E-state index in [1.54, 1.807) is 42.5 Å². The summed E-state index contributed by atoms with van der Waals surface area (Å²) in [6.45, 7) is 0. The van der Waals surface area contributed by atoms with Gasteiger partial charge in [0, 0.05) is 19.7 Å². The highest BCUT2D eigenvalue weighted by Gasteiger charge is 2.21. The van der Waals surface area contributed by atoms with E-state index in [2.05, 4.69) is 0 Å². The van der Waals surface area contributed by atoms with Crippen molar-refractivity contribution in [2.45, 2.75) is 6.42 Å². The predicted molar refractivity (Wildman–Crippen MR) is 98.4 cm³/mol. The standard InChI is InChI=1S/C19H16FN3OS/c1-22(2)17(24)11-15-18(12-7-9-13(20)10-8-12)21-19-23(15)14-5-3-4-6-16(14)25-19/h3-10H,11H2,1-2H3. The minimum atomic E-state index is -0.291. The number of nitrogens with zero attached hydrogens (tertiary/aromatic N) is 3. The number of rotatable bonds is 3. The van der Waals surface area contributed by atoms with E-state index in [1.807, 2.05) is 28.7 Å². The lowest BCUT2D eigenvalue weighted by Gasteiger charge is -2.11. The molecule has 0 unspecified atom stereocenters. The van der Waals surface area contributed by atoms with Crippen molar-refractivity contribution in [2.75, 3.05) is 14.1 Å². The van der Waals surface area contributed by atoms with Gasteiger partial charge in [0.2, 0.25) is 5.91 Å². The molecule has 4 rings (SSSR count). The quantitative estimate of drug-likeness (QED) is 0.559. The molecule has 0 N–H and O–H groups in total. The van der Waals surface area contributed by atoms with Crippen molar-refractivity contribution in [2.24, 2.45) is 0 Å². The summed E-state index contributed by atoms with van der Waals surface area (Å²) in [6.07, 6.45) is 0.238. The SMILES string of the molecule is CN(C)C(=O)Cc1c(-c2ccc(F)cc2)nc2sc3ccccc3n12. The fourth-order valence-electron chi connectivity index (χ4n) is 2.88. The van der Waals surface area contributed by atoms with Gasteiger partial charge in [-0.1, -0.05) is 23.5 Å². The summed E-state index contributed by atoms with van der Waals surface area (Å²) in [5, 5.41) is 0. The zero-order chi connectivity index (χ0) is 17.6. The maximum atomic E-state index is 13.3. The van der Waals surface area contributed by atoms with Crippen LogP contribution in [0.25, 0.3) is 26.4 Å². The highest BCUT2D eigenvalue weighted by molar-refractivity contribution is 7.23. The number of fused-ring (bicyclic) bond motifs is 3. The van der Waals surface area contributed by atoms with Gasteiger partial charge in [-0.05, 0) is 36.4 Å². The summed E-state index contributed by atoms with van der Waals surface area (Å²) < 4.78 is 16.4. The van der Waals surface area contributed by atoms with E-state index in [9.17, 15) is 9.18 Å². The summed E-state index contributed by atoms with van der Waals surface area (Å²) in [6, 6.07) is 14.3. The van der Waals surface area contributed by atoms with Crippen LogP contribution in [-0.2, 0) is 11.2 Å². The number of para-hydroxylation sites is 1. The van der Waals surface area contributed by atoms with Crippen LogP contribution in [0.3, 0.4) is 0 Å². The van der Waals surface area contributed by atoms with Crippen LogP contribution in [0.2, 0.25) is 0 Å². The van der Waals surface area contributed by atoms with E-state index in [-0.39, 0.29) is 18.1 Å². The molecule has 2 heterocycles. The first-order chi connectivity index (χ1) is 12.0. The maximum Gasteiger partial charge on any atom is 0.228 e. The highest BCUT2D eigenvalue weighted by atomic mass is 32.1. The largest absolute Gasteiger partial charge is 0.348 e. The summed E-state index contributed by atoms with van der Waals surface area (Å²) in [5.74, 6) is -0.290. The van der Waals surface area contributed by atoms with Crippen LogP contribution in [0.5, 0.6) is 0 Å². The Kier molecular flexibility index (Phi) is 3.77. The molecular formula is C19H16FN3OS. The van der Waals surface area contributed by atoms with Crippen LogP contribution in [0.1, 0.15) is 5.69 Å². The molecule has 0 fully saturated rings. The molecule has 25 heavy (non-hydrogen) atoms. The molecule has 4 nitrogen and oxygen atoms in total. The van der Waals surface area contributed by atoms with E-state index < -0.39 is 0 Å². The van der Waals surface area contributed by atoms with Crippen molar-refractivity contribution in [3.63, 3.8) is 0 Å². The number of amides is 1. The van der Waals surface area contributed by atoms with Crippen LogP contribution in [0, 0.1) is 5.82 Å². The fourth-order valence-corrected chi connectivity index (χ4v) is 3.92. The van der Waals surface area contributed by atoms with E-state index in [4.69, 9.17) is 4.98 Å². The molecule has 0 aliphatic rings. The zero-order valence-electron chi connectivity index (χ0n) is 13.9. The summed E-state index contributed by atoms with van der Waals surface area (Å²) in [7, 11) is 3.48. The Morgan fingerprint density at radius 2 is 1.88 bits per heavy atom. The summed E-state index contributed by atoms with van der Waals surface area (Å²) in [5.41, 5.74) is 3.40. The van der Waals surface area contributed by atoms with Gasteiger partial charge in [-0.3, -0.25) is 9.20 Å². The molecule has 2 aromatic heterocycles. The number of carbonyl (C=O) groups is 1. The zero-order valence-corrected chi connectivity index (χ0v) is 14.7. The van der Waals surface area contributed by atoms with Gasteiger partial charge in [0.15, 0.2) is 4.96 Å². The van der Waals surface area contributed by atoms with Gasteiger partial charge in [-0.2, -0.15) is 0 Å². The Bertz CT molecular complexity index is 1080. The Balaban J connectivity index is 1.98. The number of halogens is 1. The second-order valence-corrected chi connectivity index (χ2v) is 7.08. The number of likely N-dealkylation sites (N-methyl/N-ethyl adjacent to an activating group) is 1. The van der Waals surface area contributed by atoms with E-state index in [0.29, 0.717) is 0 Å². The van der Waals surface area contributed by atoms with Crippen molar-refractivity contribution < 1.29 is 9.18 Å². The third kappa shape index (κ3) is 2.68. The van der Waals surface area contributed by atoms with Crippen LogP contribution in [-0.4, -0.2) is 34.3 Å². The Morgan fingerprint density at radius 3 is 2.60 bits per heavy atom. The minimum Gasteiger partial charge on any atom is -0.348 e. The van der Waals surface area contributed by atoms with Gasteiger partial charge < -0.3 is 4.90 Å². The van der Waals surface area contributed by atoms with Gasteiger partial charge in [-0.15, -0.1) is 0 Å². The van der Waals surface area contributed by atoms with Gasteiger partial charge in [0.1, 0.15) is 5.82 Å². The number of thiazole rings is 1. The number of carbonyl (C=O) groups excluding carboxylic acids is 1. The molecule has 0 saturated carbocycles. The first-order valence-corrected chi connectivity index (χ1v) is 8.71. The van der Waals surface area contributed by atoms with Crippen molar-refractivity contribution in [3.8, 4) is 11.3 Å². The lowest BCUT2D eigenvalue weighted by Crippen LogP contribution is -2.24. The van der Waals surface area contributed by atoms with Crippen molar-refractivity contribution >= 4 is 32.4 Å². The second-order valence-electron chi connectivity index (χ2n) is 6.07. The third-order valence-electron chi connectivity index (χ3n) is 4.18. The predicted octanol–water partition coefficient (Wildman–Crippen LogP) is 3.99. The van der Waals surface area contributed by atoms with E-state index in [0.717, 1.165) is 32.1 Å². The number of imidazole rings is 1. The highest BCUT2D eigenvalue weighted by Crippen LogP contribution is 2.33. The average Bonchev–Trinajstić information content (AvgIpc) is 3.12. The molecule has 6 heteroatoms. The maximum absolute atomic E-state index is 13.3. The van der Waals surface area contributed by atoms with E-state index >= 15 is 0 Å². The van der Waals surface area contributed by atoms with Crippen molar-refractivity contribution in [1.29, 1.82) is 0 Å². The molecule has 126 valence electrons. The van der Waals surface area contributed by atoms with Gasteiger partial charge in [0.05, 0.1) is 28.0 Å².